The Balaban J connectivity index is 0.000000414. The number of benzene rings is 1. The summed E-state index contributed by atoms with van der Waals surface area (Å²) in [6.45, 7) is 0. The van der Waals surface area contributed by atoms with Crippen LogP contribution in [0, 0.1) is 10.8 Å². The molecule has 1 aromatic rings. The van der Waals surface area contributed by atoms with Gasteiger partial charge < -0.3 is 0 Å². The highest BCUT2D eigenvalue weighted by atomic mass is 16.1. The van der Waals surface area contributed by atoms with Gasteiger partial charge in [-0.3, -0.25) is 0 Å². The second kappa shape index (κ2) is 11.0. The van der Waals surface area contributed by atoms with Crippen molar-refractivity contribution in [3.63, 3.8) is 0 Å². The molecule has 0 aliphatic heterocycles. The average Bonchev–Trinajstić information content (AvgIpc) is 2.43. The number of allylic oxidation sites excluding steroid dienone is 4. The Morgan fingerprint density at radius 2 is 1.50 bits per heavy atom. The minimum Gasteiger partial charge on any atom is -0.222 e. The highest BCUT2D eigenvalue weighted by Crippen LogP contribution is 2.20. The first kappa shape index (κ1) is 15.5. The van der Waals surface area contributed by atoms with Crippen LogP contribution in [-0.2, 0) is 9.59 Å². The van der Waals surface area contributed by atoms with Crippen molar-refractivity contribution >= 4 is 17.7 Å². The van der Waals surface area contributed by atoms with Crippen molar-refractivity contribution in [1.29, 1.82) is 10.8 Å². The van der Waals surface area contributed by atoms with Crippen molar-refractivity contribution in [1.82, 2.24) is 0 Å². The van der Waals surface area contributed by atoms with Gasteiger partial charge in [-0.15, -0.1) is 0 Å². The molecule has 18 heavy (non-hydrogen) atoms. The Labute approximate surface area is 106 Å². The van der Waals surface area contributed by atoms with E-state index in [2.05, 4.69) is 48.6 Å². The summed E-state index contributed by atoms with van der Waals surface area (Å²) in [5.41, 5.74) is 2.69. The van der Waals surface area contributed by atoms with E-state index >= 15 is 0 Å². The quantitative estimate of drug-likeness (QED) is 0.585. The predicted octanol–water partition coefficient (Wildman–Crippen LogP) is 3.22. The van der Waals surface area contributed by atoms with Crippen LogP contribution in [0.1, 0.15) is 18.4 Å². The topological polar surface area (TPSA) is 81.8 Å². The number of hydrogen-bond acceptors (Lipinski definition) is 4. The standard InChI is InChI=1S/C12H12.2CHNO/c1-3-7-11(8-4-1)12-9-5-2-6-10-12;2*2-1-3/h1,3-5,7-10H,2,6H2;2*2H. The van der Waals surface area contributed by atoms with Crippen LogP contribution in [-0.4, -0.2) is 12.2 Å². The molecule has 2 rings (SSSR count). The molecule has 0 heterocycles. The van der Waals surface area contributed by atoms with Crippen LogP contribution in [0.15, 0.2) is 48.6 Å². The second-order valence-corrected chi connectivity index (χ2v) is 3.21. The van der Waals surface area contributed by atoms with Crippen LogP contribution >= 0.6 is 0 Å². The van der Waals surface area contributed by atoms with Gasteiger partial charge in [-0.2, -0.15) is 0 Å². The number of rotatable bonds is 1. The van der Waals surface area contributed by atoms with E-state index in [9.17, 15) is 0 Å². The molecule has 1 aliphatic rings. The fourth-order valence-corrected chi connectivity index (χ4v) is 1.46. The van der Waals surface area contributed by atoms with Crippen molar-refractivity contribution in [3.8, 4) is 0 Å². The maximum Gasteiger partial charge on any atom is 0.231 e. The van der Waals surface area contributed by atoms with E-state index in [1.165, 1.54) is 24.0 Å². The Morgan fingerprint density at radius 1 is 0.944 bits per heavy atom. The fraction of sp³-hybridized carbons (Fsp3) is 0.143. The molecule has 0 bridgehead atoms. The largest absolute Gasteiger partial charge is 0.231 e. The minimum atomic E-state index is 0.750. The van der Waals surface area contributed by atoms with E-state index < -0.39 is 0 Å². The molecule has 2 N–H and O–H groups in total. The van der Waals surface area contributed by atoms with Crippen molar-refractivity contribution in [2.45, 2.75) is 12.8 Å². The smallest absolute Gasteiger partial charge is 0.222 e. The molecule has 0 spiro atoms. The van der Waals surface area contributed by atoms with Crippen molar-refractivity contribution in [3.05, 3.63) is 54.1 Å². The Bertz CT molecular complexity index is 452. The number of isocyanates is 2. The molecule has 0 saturated carbocycles. The molecule has 4 nitrogen and oxygen atoms in total. The van der Waals surface area contributed by atoms with Gasteiger partial charge in [0.1, 0.15) is 0 Å². The molecule has 1 aliphatic carbocycles. The zero-order valence-electron chi connectivity index (χ0n) is 9.85. The van der Waals surface area contributed by atoms with Gasteiger partial charge in [0.25, 0.3) is 0 Å². The number of nitrogens with one attached hydrogen (secondary N) is 2. The van der Waals surface area contributed by atoms with Gasteiger partial charge in [0.05, 0.1) is 0 Å². The second-order valence-electron chi connectivity index (χ2n) is 3.21. The van der Waals surface area contributed by atoms with Gasteiger partial charge in [-0.05, 0) is 24.0 Å². The predicted molar refractivity (Wildman–Crippen MR) is 69.6 cm³/mol. The molecule has 92 valence electrons. The number of carbonyl (C=O) groups excluding carboxylic acids is 2. The molecule has 1 aromatic carbocycles. The first-order chi connectivity index (χ1) is 8.79. The monoisotopic (exact) mass is 242 g/mol. The molecule has 0 radical (unpaired) electrons. The van der Waals surface area contributed by atoms with Crippen molar-refractivity contribution in [2.24, 2.45) is 0 Å². The third-order valence-corrected chi connectivity index (χ3v) is 2.10. The molecule has 0 aromatic heterocycles. The van der Waals surface area contributed by atoms with Crippen molar-refractivity contribution in [2.75, 3.05) is 0 Å². The summed E-state index contributed by atoms with van der Waals surface area (Å²) < 4.78 is 0. The highest BCUT2D eigenvalue weighted by Gasteiger charge is 1.98. The van der Waals surface area contributed by atoms with E-state index in [1.807, 2.05) is 0 Å². The summed E-state index contributed by atoms with van der Waals surface area (Å²) in [7, 11) is 0. The first-order valence-corrected chi connectivity index (χ1v) is 5.30. The highest BCUT2D eigenvalue weighted by molar-refractivity contribution is 5.74. The SMILES string of the molecule is C1=CC(c2ccccc2)=CCC1.N=C=O.N=C=O. The maximum atomic E-state index is 8.35. The molecule has 4 heteroatoms. The maximum absolute atomic E-state index is 8.35. The lowest BCUT2D eigenvalue weighted by Crippen LogP contribution is -1.84. The fourth-order valence-electron chi connectivity index (χ4n) is 1.46. The lowest BCUT2D eigenvalue weighted by Gasteiger charge is -2.05. The van der Waals surface area contributed by atoms with E-state index in [1.54, 1.807) is 0 Å². The van der Waals surface area contributed by atoms with E-state index in [-0.39, 0.29) is 0 Å². The van der Waals surface area contributed by atoms with Crippen LogP contribution in [0.4, 0.5) is 0 Å². The summed E-state index contributed by atoms with van der Waals surface area (Å²) in [5, 5.41) is 10.8. The zero-order valence-corrected chi connectivity index (χ0v) is 9.85. The van der Waals surface area contributed by atoms with Gasteiger partial charge in [0.15, 0.2) is 0 Å². The van der Waals surface area contributed by atoms with Crippen LogP contribution in [0.5, 0.6) is 0 Å². The van der Waals surface area contributed by atoms with Gasteiger partial charge >= 0.3 is 0 Å². The molecule has 0 fully saturated rings. The Kier molecular flexibility index (Phi) is 9.41. The van der Waals surface area contributed by atoms with Crippen LogP contribution in [0.25, 0.3) is 5.57 Å². The number of hydrogen-bond donors (Lipinski definition) is 2. The zero-order chi connectivity index (χ0) is 13.6. The molecular formula is C14H14N2O2. The van der Waals surface area contributed by atoms with Gasteiger partial charge in [0, 0.05) is 0 Å². The molecule has 0 amide bonds. The molecule has 0 unspecified atom stereocenters. The molecule has 0 saturated heterocycles. The van der Waals surface area contributed by atoms with E-state index in [4.69, 9.17) is 20.4 Å². The van der Waals surface area contributed by atoms with E-state index in [0.29, 0.717) is 0 Å². The van der Waals surface area contributed by atoms with Crippen LogP contribution in [0.3, 0.4) is 0 Å². The summed E-state index contributed by atoms with van der Waals surface area (Å²) >= 11 is 0. The van der Waals surface area contributed by atoms with Crippen LogP contribution < -0.4 is 0 Å². The molecule has 0 atom stereocenters. The molecular weight excluding hydrogens is 228 g/mol. The van der Waals surface area contributed by atoms with E-state index in [0.717, 1.165) is 12.2 Å². The van der Waals surface area contributed by atoms with Gasteiger partial charge in [-0.25, -0.2) is 20.4 Å². The Hall–Kier alpha value is -2.54. The third kappa shape index (κ3) is 6.85. The normalized spacial score (nSPS) is 11.4. The summed E-state index contributed by atoms with van der Waals surface area (Å²) in [6, 6.07) is 10.5. The summed E-state index contributed by atoms with van der Waals surface area (Å²) in [6.07, 6.45) is 10.6. The lowest BCUT2D eigenvalue weighted by atomic mass is 10.00. The van der Waals surface area contributed by atoms with Crippen molar-refractivity contribution < 1.29 is 9.59 Å². The van der Waals surface area contributed by atoms with Crippen LogP contribution in [0.2, 0.25) is 0 Å². The minimum absolute atomic E-state index is 0.750. The lowest BCUT2D eigenvalue weighted by molar-refractivity contribution is 0.562. The summed E-state index contributed by atoms with van der Waals surface area (Å²) in [5.74, 6) is 0. The third-order valence-electron chi connectivity index (χ3n) is 2.10. The van der Waals surface area contributed by atoms with Gasteiger partial charge in [-0.1, -0.05) is 48.6 Å². The summed E-state index contributed by atoms with van der Waals surface area (Å²) in [4.78, 5) is 16.7. The Morgan fingerprint density at radius 3 is 1.94 bits per heavy atom. The average molecular weight is 242 g/mol. The first-order valence-electron chi connectivity index (χ1n) is 5.30. The van der Waals surface area contributed by atoms with Gasteiger partial charge in [0.2, 0.25) is 12.2 Å².